The Balaban J connectivity index is 3.53. The Kier molecular flexibility index (Phi) is 4.42. The molecule has 1 heterocycles. The number of amides is 2. The van der Waals surface area contributed by atoms with Crippen molar-refractivity contribution in [2.75, 3.05) is 0 Å². The fourth-order valence-corrected chi connectivity index (χ4v) is 2.81. The van der Waals surface area contributed by atoms with Gasteiger partial charge in [-0.25, -0.2) is 10.0 Å². The first-order valence-corrected chi connectivity index (χ1v) is 7.34. The van der Waals surface area contributed by atoms with Crippen LogP contribution in [-0.2, 0) is 9.59 Å². The molecule has 2 amide bonds. The fourth-order valence-electron chi connectivity index (χ4n) is 2.81. The lowest BCUT2D eigenvalue weighted by atomic mass is 9.79. The fraction of sp³-hybridized carbons (Fsp3) is 0.647. The van der Waals surface area contributed by atoms with Gasteiger partial charge in [0.25, 0.3) is 11.8 Å². The number of allylic oxidation sites excluding steroid dienone is 2. The van der Waals surface area contributed by atoms with Crippen molar-refractivity contribution in [1.29, 1.82) is 0 Å². The third-order valence-corrected chi connectivity index (χ3v) is 3.66. The maximum atomic E-state index is 13.1. The molecule has 0 unspecified atom stereocenters. The van der Waals surface area contributed by atoms with E-state index >= 15 is 0 Å². The van der Waals surface area contributed by atoms with Gasteiger partial charge in [-0.05, 0) is 54.4 Å². The second-order valence-electron chi connectivity index (χ2n) is 7.64. The summed E-state index contributed by atoms with van der Waals surface area (Å²) >= 11 is 0. The van der Waals surface area contributed by atoms with Crippen molar-refractivity contribution in [3.8, 4) is 0 Å². The van der Waals surface area contributed by atoms with E-state index in [9.17, 15) is 9.59 Å². The van der Waals surface area contributed by atoms with Crippen LogP contribution in [0.25, 0.3) is 0 Å². The first kappa shape index (κ1) is 17.5. The molecule has 21 heavy (non-hydrogen) atoms. The van der Waals surface area contributed by atoms with Crippen LogP contribution >= 0.6 is 0 Å². The molecular formula is C17H28N2O2. The van der Waals surface area contributed by atoms with Crippen LogP contribution in [0.3, 0.4) is 0 Å². The predicted molar refractivity (Wildman–Crippen MR) is 85.3 cm³/mol. The molecule has 0 aromatic carbocycles. The lowest BCUT2D eigenvalue weighted by Crippen LogP contribution is -2.58. The average Bonchev–Trinajstić information content (AvgIpc) is 2.51. The zero-order valence-corrected chi connectivity index (χ0v) is 14.2. The Hall–Kier alpha value is -1.58. The van der Waals surface area contributed by atoms with Gasteiger partial charge in [0.15, 0.2) is 0 Å². The van der Waals surface area contributed by atoms with Gasteiger partial charge in [0, 0.05) is 0 Å². The normalized spacial score (nSPS) is 19.1. The molecule has 0 atom stereocenters. The molecule has 1 saturated heterocycles. The summed E-state index contributed by atoms with van der Waals surface area (Å²) in [5.41, 5.74) is -2.03. The first-order chi connectivity index (χ1) is 9.43. The number of carbonyl (C=O) groups excluding carboxylic acids is 2. The highest BCUT2D eigenvalue weighted by atomic mass is 16.2. The van der Waals surface area contributed by atoms with E-state index in [1.165, 1.54) is 0 Å². The van der Waals surface area contributed by atoms with Crippen molar-refractivity contribution >= 4 is 11.8 Å². The maximum absolute atomic E-state index is 13.1. The summed E-state index contributed by atoms with van der Waals surface area (Å²) in [4.78, 5) is 26.2. The molecule has 0 saturated carbocycles. The second-order valence-corrected chi connectivity index (χ2v) is 7.64. The van der Waals surface area contributed by atoms with E-state index in [4.69, 9.17) is 0 Å². The minimum atomic E-state index is -1.09. The molecule has 0 aromatic rings. The monoisotopic (exact) mass is 292 g/mol. The number of hydrazine groups is 1. The van der Waals surface area contributed by atoms with E-state index in [-0.39, 0.29) is 11.8 Å². The largest absolute Gasteiger partial charge is 0.272 e. The predicted octanol–water partition coefficient (Wildman–Crippen LogP) is 3.31. The second kappa shape index (κ2) is 5.32. The van der Waals surface area contributed by atoms with E-state index < -0.39 is 16.5 Å². The third-order valence-electron chi connectivity index (χ3n) is 3.66. The van der Waals surface area contributed by atoms with Gasteiger partial charge in [-0.2, -0.15) is 0 Å². The Labute approximate surface area is 128 Å². The Morgan fingerprint density at radius 3 is 1.33 bits per heavy atom. The van der Waals surface area contributed by atoms with Gasteiger partial charge < -0.3 is 0 Å². The SMILES string of the molecule is C=CCC1(CC=C)C(=O)N(C(C)(C)C)N(C(C)(C)C)C1=O. The highest BCUT2D eigenvalue weighted by Gasteiger charge is 2.61. The van der Waals surface area contributed by atoms with Crippen molar-refractivity contribution in [1.82, 2.24) is 10.0 Å². The lowest BCUT2D eigenvalue weighted by molar-refractivity contribution is -0.170. The van der Waals surface area contributed by atoms with Gasteiger partial charge in [-0.15, -0.1) is 13.2 Å². The molecule has 4 nitrogen and oxygen atoms in total. The summed E-state index contributed by atoms with van der Waals surface area (Å²) in [6, 6.07) is 0. The van der Waals surface area contributed by atoms with E-state index in [1.54, 1.807) is 22.2 Å². The summed E-state index contributed by atoms with van der Waals surface area (Å²) in [6.45, 7) is 19.1. The molecule has 1 aliphatic heterocycles. The van der Waals surface area contributed by atoms with E-state index in [0.29, 0.717) is 12.8 Å². The third kappa shape index (κ3) is 2.76. The Bertz CT molecular complexity index is 422. The molecule has 0 aromatic heterocycles. The molecule has 118 valence electrons. The maximum Gasteiger partial charge on any atom is 0.258 e. The summed E-state index contributed by atoms with van der Waals surface area (Å²) in [6.07, 6.45) is 3.95. The van der Waals surface area contributed by atoms with Crippen LogP contribution in [0.15, 0.2) is 25.3 Å². The zero-order chi connectivity index (χ0) is 16.6. The van der Waals surface area contributed by atoms with Crippen molar-refractivity contribution < 1.29 is 9.59 Å². The topological polar surface area (TPSA) is 40.6 Å². The van der Waals surface area contributed by atoms with Crippen LogP contribution in [0.5, 0.6) is 0 Å². The number of rotatable bonds is 4. The van der Waals surface area contributed by atoms with Gasteiger partial charge in [-0.1, -0.05) is 12.2 Å². The van der Waals surface area contributed by atoms with Gasteiger partial charge in [0.1, 0.15) is 5.41 Å². The molecule has 0 bridgehead atoms. The van der Waals surface area contributed by atoms with Crippen molar-refractivity contribution in [3.63, 3.8) is 0 Å². The Morgan fingerprint density at radius 2 is 1.14 bits per heavy atom. The molecule has 1 aliphatic rings. The first-order valence-electron chi connectivity index (χ1n) is 7.34. The number of hydrogen-bond donors (Lipinski definition) is 0. The standard InChI is InChI=1S/C17H28N2O2/c1-9-11-17(12-10-2)13(20)18(15(3,4)5)19(14(17)21)16(6,7)8/h9-10H,1-2,11-12H2,3-8H3. The van der Waals surface area contributed by atoms with Crippen LogP contribution in [0.4, 0.5) is 0 Å². The summed E-state index contributed by atoms with van der Waals surface area (Å²) < 4.78 is 0. The van der Waals surface area contributed by atoms with Crippen LogP contribution in [0.1, 0.15) is 54.4 Å². The van der Waals surface area contributed by atoms with Crippen molar-refractivity contribution in [2.24, 2.45) is 5.41 Å². The molecule has 4 heteroatoms. The van der Waals surface area contributed by atoms with Gasteiger partial charge in [-0.3, -0.25) is 9.59 Å². The van der Waals surface area contributed by atoms with Crippen LogP contribution < -0.4 is 0 Å². The summed E-state index contributed by atoms with van der Waals surface area (Å²) in [7, 11) is 0. The summed E-state index contributed by atoms with van der Waals surface area (Å²) in [5.74, 6) is -0.315. The quantitative estimate of drug-likeness (QED) is 0.589. The molecule has 0 radical (unpaired) electrons. The van der Waals surface area contributed by atoms with E-state index in [2.05, 4.69) is 13.2 Å². The van der Waals surface area contributed by atoms with Gasteiger partial charge >= 0.3 is 0 Å². The number of carbonyl (C=O) groups is 2. The van der Waals surface area contributed by atoms with Crippen molar-refractivity contribution in [2.45, 2.75) is 65.5 Å². The van der Waals surface area contributed by atoms with Crippen molar-refractivity contribution in [3.05, 3.63) is 25.3 Å². The minimum absolute atomic E-state index is 0.158. The molecule has 0 spiro atoms. The highest BCUT2D eigenvalue weighted by Crippen LogP contribution is 2.44. The van der Waals surface area contributed by atoms with Crippen LogP contribution in [0.2, 0.25) is 0 Å². The zero-order valence-electron chi connectivity index (χ0n) is 14.2. The van der Waals surface area contributed by atoms with E-state index in [0.717, 1.165) is 0 Å². The molecule has 1 fully saturated rings. The van der Waals surface area contributed by atoms with Crippen LogP contribution in [-0.4, -0.2) is 32.9 Å². The minimum Gasteiger partial charge on any atom is -0.272 e. The molecular weight excluding hydrogens is 264 g/mol. The van der Waals surface area contributed by atoms with E-state index in [1.807, 2.05) is 41.5 Å². The lowest BCUT2D eigenvalue weighted by Gasteiger charge is -2.44. The average molecular weight is 292 g/mol. The molecule has 1 rings (SSSR count). The molecule has 0 N–H and O–H groups in total. The smallest absolute Gasteiger partial charge is 0.258 e. The number of hydrogen-bond acceptors (Lipinski definition) is 2. The summed E-state index contributed by atoms with van der Waals surface area (Å²) in [5, 5.41) is 3.23. The van der Waals surface area contributed by atoms with Gasteiger partial charge in [0.2, 0.25) is 0 Å². The van der Waals surface area contributed by atoms with Crippen LogP contribution in [0, 0.1) is 5.41 Å². The Morgan fingerprint density at radius 1 is 0.857 bits per heavy atom. The number of nitrogens with zero attached hydrogens (tertiary/aromatic N) is 2. The molecule has 0 aliphatic carbocycles. The van der Waals surface area contributed by atoms with Gasteiger partial charge in [0.05, 0.1) is 11.1 Å². The highest BCUT2D eigenvalue weighted by molar-refractivity contribution is 6.10.